The molecule has 1 heterocycles. The average molecular weight is 257 g/mol. The molecule has 5 heteroatoms. The third kappa shape index (κ3) is 3.22. The molecular formula is C13H27N3O2. The molecule has 0 bridgehead atoms. The number of carbonyl (C=O) groups excluding carboxylic acids is 1. The minimum absolute atomic E-state index is 0.0795. The second kappa shape index (κ2) is 5.99. The van der Waals surface area contributed by atoms with Crippen LogP contribution >= 0.6 is 0 Å². The maximum absolute atomic E-state index is 12.6. The van der Waals surface area contributed by atoms with Crippen LogP contribution < -0.4 is 5.73 Å². The highest BCUT2D eigenvalue weighted by Crippen LogP contribution is 2.28. The molecule has 3 N–H and O–H groups in total. The SMILES string of the molecule is CCC(C)(CN)C(=O)N1CC(O)CC1CN(C)C. The Labute approximate surface area is 110 Å². The Balaban J connectivity index is 2.82. The van der Waals surface area contributed by atoms with Crippen LogP contribution in [0.5, 0.6) is 0 Å². The predicted octanol–water partition coefficient (Wildman–Crippen LogP) is -0.115. The van der Waals surface area contributed by atoms with E-state index in [-0.39, 0.29) is 11.9 Å². The molecule has 1 fully saturated rings. The summed E-state index contributed by atoms with van der Waals surface area (Å²) in [6.07, 6.45) is 0.982. The zero-order valence-corrected chi connectivity index (χ0v) is 12.0. The van der Waals surface area contributed by atoms with E-state index in [0.29, 0.717) is 19.5 Å². The molecular weight excluding hydrogens is 230 g/mol. The fraction of sp³-hybridized carbons (Fsp3) is 0.923. The van der Waals surface area contributed by atoms with Gasteiger partial charge in [-0.2, -0.15) is 0 Å². The Morgan fingerprint density at radius 3 is 2.61 bits per heavy atom. The number of aliphatic hydroxyl groups is 1. The number of hydrogen-bond donors (Lipinski definition) is 2. The van der Waals surface area contributed by atoms with E-state index in [9.17, 15) is 9.90 Å². The predicted molar refractivity (Wildman–Crippen MR) is 72.1 cm³/mol. The maximum atomic E-state index is 12.6. The number of amides is 1. The van der Waals surface area contributed by atoms with Gasteiger partial charge in [0.25, 0.3) is 0 Å². The van der Waals surface area contributed by atoms with Crippen molar-refractivity contribution < 1.29 is 9.90 Å². The van der Waals surface area contributed by atoms with Crippen molar-refractivity contribution in [2.45, 2.75) is 38.8 Å². The zero-order valence-electron chi connectivity index (χ0n) is 12.0. The number of β-amino-alcohol motifs (C(OH)–C–C–N with tert-alkyl or cyclic N) is 1. The van der Waals surface area contributed by atoms with E-state index in [1.807, 2.05) is 32.8 Å². The van der Waals surface area contributed by atoms with E-state index < -0.39 is 11.5 Å². The molecule has 1 aliphatic heterocycles. The van der Waals surface area contributed by atoms with Gasteiger partial charge in [-0.1, -0.05) is 6.92 Å². The summed E-state index contributed by atoms with van der Waals surface area (Å²) in [4.78, 5) is 16.5. The average Bonchev–Trinajstić information content (AvgIpc) is 2.67. The summed E-state index contributed by atoms with van der Waals surface area (Å²) in [5, 5.41) is 9.80. The summed E-state index contributed by atoms with van der Waals surface area (Å²) >= 11 is 0. The summed E-state index contributed by atoms with van der Waals surface area (Å²) in [6, 6.07) is 0.0972. The summed E-state index contributed by atoms with van der Waals surface area (Å²) in [5.41, 5.74) is 5.24. The van der Waals surface area contributed by atoms with Gasteiger partial charge in [0.05, 0.1) is 11.5 Å². The van der Waals surface area contributed by atoms with Crippen molar-refractivity contribution in [3.8, 4) is 0 Å². The minimum atomic E-state index is -0.505. The first-order valence-electron chi connectivity index (χ1n) is 6.68. The summed E-state index contributed by atoms with van der Waals surface area (Å²) in [6.45, 7) is 5.47. The molecule has 0 aliphatic carbocycles. The fourth-order valence-corrected chi connectivity index (χ4v) is 2.46. The van der Waals surface area contributed by atoms with E-state index in [2.05, 4.69) is 4.90 Å². The first-order valence-corrected chi connectivity index (χ1v) is 6.68. The second-order valence-corrected chi connectivity index (χ2v) is 5.88. The molecule has 0 radical (unpaired) electrons. The second-order valence-electron chi connectivity index (χ2n) is 5.88. The standard InChI is InChI=1S/C13H27N3O2/c1-5-13(2,9-14)12(18)16-8-11(17)6-10(16)7-15(3)4/h10-11,17H,5-9,14H2,1-4H3. The lowest BCUT2D eigenvalue weighted by Gasteiger charge is -2.35. The van der Waals surface area contributed by atoms with Crippen molar-refractivity contribution in [1.29, 1.82) is 0 Å². The molecule has 3 unspecified atom stereocenters. The number of aliphatic hydroxyl groups excluding tert-OH is 1. The highest BCUT2D eigenvalue weighted by Gasteiger charge is 2.41. The van der Waals surface area contributed by atoms with Gasteiger partial charge in [-0.05, 0) is 33.9 Å². The highest BCUT2D eigenvalue weighted by molar-refractivity contribution is 5.83. The van der Waals surface area contributed by atoms with Crippen molar-refractivity contribution >= 4 is 5.91 Å². The molecule has 0 spiro atoms. The van der Waals surface area contributed by atoms with Crippen molar-refractivity contribution in [2.75, 3.05) is 33.7 Å². The maximum Gasteiger partial charge on any atom is 0.230 e. The van der Waals surface area contributed by atoms with Gasteiger partial charge in [-0.3, -0.25) is 4.79 Å². The molecule has 1 rings (SSSR count). The lowest BCUT2D eigenvalue weighted by molar-refractivity contribution is -0.142. The molecule has 0 aromatic carbocycles. The van der Waals surface area contributed by atoms with E-state index in [1.54, 1.807) is 0 Å². The van der Waals surface area contributed by atoms with Gasteiger partial charge in [0.1, 0.15) is 0 Å². The normalized spacial score (nSPS) is 27.6. The molecule has 3 atom stereocenters. The summed E-state index contributed by atoms with van der Waals surface area (Å²) in [7, 11) is 3.96. The third-order valence-electron chi connectivity index (χ3n) is 3.98. The van der Waals surface area contributed by atoms with Gasteiger partial charge in [0.2, 0.25) is 5.91 Å². The van der Waals surface area contributed by atoms with Crippen LogP contribution in [0.2, 0.25) is 0 Å². The molecule has 1 saturated heterocycles. The Morgan fingerprint density at radius 1 is 1.56 bits per heavy atom. The number of carbonyl (C=O) groups is 1. The summed E-state index contributed by atoms with van der Waals surface area (Å²) in [5.74, 6) is 0.0795. The fourth-order valence-electron chi connectivity index (χ4n) is 2.46. The van der Waals surface area contributed by atoms with Crippen molar-refractivity contribution in [1.82, 2.24) is 9.80 Å². The van der Waals surface area contributed by atoms with Gasteiger partial charge in [-0.25, -0.2) is 0 Å². The van der Waals surface area contributed by atoms with Crippen molar-refractivity contribution in [3.05, 3.63) is 0 Å². The van der Waals surface area contributed by atoms with E-state index >= 15 is 0 Å². The first kappa shape index (κ1) is 15.4. The van der Waals surface area contributed by atoms with Gasteiger partial charge in [-0.15, -0.1) is 0 Å². The van der Waals surface area contributed by atoms with E-state index in [4.69, 9.17) is 5.73 Å². The third-order valence-corrected chi connectivity index (χ3v) is 3.98. The van der Waals surface area contributed by atoms with Crippen LogP contribution in [0.15, 0.2) is 0 Å². The molecule has 1 aliphatic rings. The lowest BCUT2D eigenvalue weighted by atomic mass is 9.86. The number of nitrogens with two attached hydrogens (primary N) is 1. The Hall–Kier alpha value is -0.650. The largest absolute Gasteiger partial charge is 0.391 e. The number of likely N-dealkylation sites (tertiary alicyclic amines) is 1. The number of likely N-dealkylation sites (N-methyl/N-ethyl adjacent to an activating group) is 1. The van der Waals surface area contributed by atoms with Gasteiger partial charge in [0.15, 0.2) is 0 Å². The van der Waals surface area contributed by atoms with Crippen LogP contribution in [0, 0.1) is 5.41 Å². The van der Waals surface area contributed by atoms with Crippen LogP contribution in [0.4, 0.5) is 0 Å². The van der Waals surface area contributed by atoms with Crippen LogP contribution in [0.25, 0.3) is 0 Å². The lowest BCUT2D eigenvalue weighted by Crippen LogP contribution is -2.50. The van der Waals surface area contributed by atoms with Gasteiger partial charge in [0, 0.05) is 25.7 Å². The van der Waals surface area contributed by atoms with Crippen molar-refractivity contribution in [3.63, 3.8) is 0 Å². The minimum Gasteiger partial charge on any atom is -0.391 e. The van der Waals surface area contributed by atoms with E-state index in [0.717, 1.165) is 13.0 Å². The zero-order chi connectivity index (χ0) is 13.9. The van der Waals surface area contributed by atoms with Gasteiger partial charge < -0.3 is 20.6 Å². The highest BCUT2D eigenvalue weighted by atomic mass is 16.3. The van der Waals surface area contributed by atoms with E-state index in [1.165, 1.54) is 0 Å². The van der Waals surface area contributed by atoms with Gasteiger partial charge >= 0.3 is 0 Å². The molecule has 106 valence electrons. The quantitative estimate of drug-likeness (QED) is 0.721. The van der Waals surface area contributed by atoms with Crippen LogP contribution in [-0.4, -0.2) is 66.7 Å². The molecule has 0 saturated carbocycles. The molecule has 0 aromatic rings. The number of hydrogen-bond acceptors (Lipinski definition) is 4. The Morgan fingerprint density at radius 2 is 2.17 bits per heavy atom. The number of rotatable bonds is 5. The molecule has 0 aromatic heterocycles. The Bertz CT molecular complexity index is 290. The number of nitrogens with zero attached hydrogens (tertiary/aromatic N) is 2. The molecule has 1 amide bonds. The van der Waals surface area contributed by atoms with Crippen LogP contribution in [0.3, 0.4) is 0 Å². The monoisotopic (exact) mass is 257 g/mol. The summed E-state index contributed by atoms with van der Waals surface area (Å²) < 4.78 is 0. The molecule has 5 nitrogen and oxygen atoms in total. The smallest absolute Gasteiger partial charge is 0.230 e. The Kier molecular flexibility index (Phi) is 5.13. The first-order chi connectivity index (χ1) is 8.34. The topological polar surface area (TPSA) is 69.8 Å². The van der Waals surface area contributed by atoms with Crippen LogP contribution in [0.1, 0.15) is 26.7 Å². The molecule has 18 heavy (non-hydrogen) atoms. The van der Waals surface area contributed by atoms with Crippen molar-refractivity contribution in [2.24, 2.45) is 11.1 Å². The van der Waals surface area contributed by atoms with Crippen LogP contribution in [-0.2, 0) is 4.79 Å².